The second kappa shape index (κ2) is 2.49. The van der Waals surface area contributed by atoms with E-state index in [1.165, 1.54) is 6.20 Å². The first-order valence-electron chi connectivity index (χ1n) is 2.80. The minimum absolute atomic E-state index is 0.514. The molecule has 5 heteroatoms. The van der Waals surface area contributed by atoms with Crippen molar-refractivity contribution in [3.05, 3.63) is 11.8 Å². The fraction of sp³-hybridized carbons (Fsp3) is 0.200. The van der Waals surface area contributed by atoms with Gasteiger partial charge in [-0.25, -0.2) is 5.84 Å². The van der Waals surface area contributed by atoms with Crippen LogP contribution < -0.4 is 17.0 Å². The van der Waals surface area contributed by atoms with E-state index in [1.54, 1.807) is 0 Å². The molecule has 5 N–H and O–H groups in total. The molecule has 5 nitrogen and oxygen atoms in total. The topological polar surface area (TPSA) is 89.8 Å². The van der Waals surface area contributed by atoms with E-state index in [0.717, 1.165) is 5.56 Å². The lowest BCUT2D eigenvalue weighted by Crippen LogP contribution is -2.11. The van der Waals surface area contributed by atoms with E-state index in [0.29, 0.717) is 11.5 Å². The van der Waals surface area contributed by atoms with Crippen molar-refractivity contribution in [3.8, 4) is 0 Å². The molecule has 0 saturated heterocycles. The molecule has 0 aliphatic heterocycles. The van der Waals surface area contributed by atoms with Crippen LogP contribution in [-0.2, 0) is 0 Å². The summed E-state index contributed by atoms with van der Waals surface area (Å²) in [5.41, 5.74) is 9.28. The summed E-state index contributed by atoms with van der Waals surface area (Å²) < 4.78 is 0. The molecule has 0 saturated carbocycles. The Labute approximate surface area is 58.4 Å². The van der Waals surface area contributed by atoms with E-state index in [1.807, 2.05) is 6.92 Å². The third-order valence-electron chi connectivity index (χ3n) is 1.28. The molecule has 0 atom stereocenters. The van der Waals surface area contributed by atoms with Crippen LogP contribution >= 0.6 is 0 Å². The fourth-order valence-electron chi connectivity index (χ4n) is 0.594. The second-order valence-corrected chi connectivity index (χ2v) is 1.92. The summed E-state index contributed by atoms with van der Waals surface area (Å²) in [6.07, 6.45) is 1.48. The van der Waals surface area contributed by atoms with E-state index in [2.05, 4.69) is 15.6 Å². The van der Waals surface area contributed by atoms with Crippen molar-refractivity contribution < 1.29 is 0 Å². The van der Waals surface area contributed by atoms with Crippen LogP contribution in [0.2, 0.25) is 0 Å². The lowest BCUT2D eigenvalue weighted by molar-refractivity contribution is 1.01. The molecule has 54 valence electrons. The third kappa shape index (κ3) is 0.985. The van der Waals surface area contributed by atoms with E-state index in [9.17, 15) is 0 Å². The van der Waals surface area contributed by atoms with Crippen molar-refractivity contribution in [1.29, 1.82) is 0 Å². The molecule has 1 rings (SSSR count). The predicted octanol–water partition coefficient (Wildman–Crippen LogP) is -0.347. The number of hydrogen-bond donors (Lipinski definition) is 3. The Morgan fingerprint density at radius 2 is 2.30 bits per heavy atom. The van der Waals surface area contributed by atoms with Crippen LogP contribution in [-0.4, -0.2) is 10.2 Å². The van der Waals surface area contributed by atoms with Crippen molar-refractivity contribution >= 4 is 11.5 Å². The highest BCUT2D eigenvalue weighted by molar-refractivity contribution is 5.55. The Morgan fingerprint density at radius 3 is 2.80 bits per heavy atom. The summed E-state index contributed by atoms with van der Waals surface area (Å²) in [5.74, 6) is 5.63. The minimum atomic E-state index is 0.514. The fourth-order valence-corrected chi connectivity index (χ4v) is 0.594. The predicted molar refractivity (Wildman–Crippen MR) is 39.0 cm³/mol. The SMILES string of the molecule is Cc1c(N)cnnc1NN. The third-order valence-corrected chi connectivity index (χ3v) is 1.28. The molecule has 0 fully saturated rings. The molecular formula is C5H9N5. The Hall–Kier alpha value is -1.36. The largest absolute Gasteiger partial charge is 0.397 e. The number of nitrogens with zero attached hydrogens (tertiary/aromatic N) is 2. The molecule has 0 aliphatic rings. The molecule has 10 heavy (non-hydrogen) atoms. The number of anilines is 2. The van der Waals surface area contributed by atoms with Gasteiger partial charge in [0, 0.05) is 5.56 Å². The number of rotatable bonds is 1. The number of nitrogen functional groups attached to an aromatic ring is 2. The molecule has 0 aromatic carbocycles. The van der Waals surface area contributed by atoms with E-state index in [4.69, 9.17) is 11.6 Å². The number of nitrogens with one attached hydrogen (secondary N) is 1. The zero-order valence-corrected chi connectivity index (χ0v) is 5.63. The second-order valence-electron chi connectivity index (χ2n) is 1.92. The smallest absolute Gasteiger partial charge is 0.167 e. The first-order valence-corrected chi connectivity index (χ1v) is 2.80. The first-order chi connectivity index (χ1) is 4.75. The number of hydrazine groups is 1. The van der Waals surface area contributed by atoms with Gasteiger partial charge in [0.2, 0.25) is 0 Å². The Bertz CT molecular complexity index is 233. The molecule has 0 amide bonds. The van der Waals surface area contributed by atoms with Gasteiger partial charge in [0.1, 0.15) is 0 Å². The number of aromatic nitrogens is 2. The molecular weight excluding hydrogens is 130 g/mol. The summed E-state index contributed by atoms with van der Waals surface area (Å²) in [5, 5.41) is 7.29. The van der Waals surface area contributed by atoms with E-state index < -0.39 is 0 Å². The summed E-state index contributed by atoms with van der Waals surface area (Å²) in [6, 6.07) is 0. The van der Waals surface area contributed by atoms with Gasteiger partial charge in [0.15, 0.2) is 5.82 Å². The maximum atomic E-state index is 5.50. The standard InChI is InChI=1S/C5H9N5/c1-3-4(6)2-8-10-5(3)9-7/h2H,7H2,1H3,(H3,6,9,10). The van der Waals surface area contributed by atoms with Crippen LogP contribution in [0.25, 0.3) is 0 Å². The van der Waals surface area contributed by atoms with Gasteiger partial charge >= 0.3 is 0 Å². The maximum Gasteiger partial charge on any atom is 0.167 e. The van der Waals surface area contributed by atoms with Crippen LogP contribution in [0.5, 0.6) is 0 Å². The van der Waals surface area contributed by atoms with Gasteiger partial charge in [-0.15, -0.1) is 5.10 Å². The molecule has 0 aliphatic carbocycles. The van der Waals surface area contributed by atoms with Crippen LogP contribution in [0.4, 0.5) is 11.5 Å². The number of hydrogen-bond acceptors (Lipinski definition) is 5. The summed E-state index contributed by atoms with van der Waals surface area (Å²) in [4.78, 5) is 0. The van der Waals surface area contributed by atoms with E-state index in [-0.39, 0.29) is 0 Å². The van der Waals surface area contributed by atoms with E-state index >= 15 is 0 Å². The van der Waals surface area contributed by atoms with Crippen LogP contribution in [0, 0.1) is 6.92 Å². The van der Waals surface area contributed by atoms with Gasteiger partial charge in [-0.05, 0) is 6.92 Å². The molecule has 0 bridgehead atoms. The van der Waals surface area contributed by atoms with Crippen LogP contribution in [0.15, 0.2) is 6.20 Å². The number of nitrogens with two attached hydrogens (primary N) is 2. The van der Waals surface area contributed by atoms with Crippen molar-refractivity contribution in [3.63, 3.8) is 0 Å². The molecule has 0 spiro atoms. The lowest BCUT2D eigenvalue weighted by Gasteiger charge is -2.02. The minimum Gasteiger partial charge on any atom is -0.397 e. The molecule has 0 radical (unpaired) electrons. The summed E-state index contributed by atoms with van der Waals surface area (Å²) >= 11 is 0. The first kappa shape index (κ1) is 6.76. The van der Waals surface area contributed by atoms with Gasteiger partial charge in [0.05, 0.1) is 11.9 Å². The van der Waals surface area contributed by atoms with Crippen molar-refractivity contribution in [2.45, 2.75) is 6.92 Å². The van der Waals surface area contributed by atoms with Crippen molar-refractivity contribution in [2.75, 3.05) is 11.2 Å². The summed E-state index contributed by atoms with van der Waals surface area (Å²) in [7, 11) is 0. The Balaban J connectivity index is 3.14. The Kier molecular flexibility index (Phi) is 1.68. The van der Waals surface area contributed by atoms with Gasteiger partial charge in [-0.2, -0.15) is 5.10 Å². The molecule has 1 heterocycles. The van der Waals surface area contributed by atoms with Crippen LogP contribution in [0.1, 0.15) is 5.56 Å². The van der Waals surface area contributed by atoms with Crippen molar-refractivity contribution in [2.24, 2.45) is 5.84 Å². The van der Waals surface area contributed by atoms with Gasteiger partial charge < -0.3 is 11.2 Å². The zero-order chi connectivity index (χ0) is 7.56. The highest BCUT2D eigenvalue weighted by Crippen LogP contribution is 2.13. The monoisotopic (exact) mass is 139 g/mol. The summed E-state index contributed by atoms with van der Waals surface area (Å²) in [6.45, 7) is 1.82. The highest BCUT2D eigenvalue weighted by atomic mass is 15.3. The van der Waals surface area contributed by atoms with Gasteiger partial charge in [0.25, 0.3) is 0 Å². The normalized spacial score (nSPS) is 9.40. The average molecular weight is 139 g/mol. The Morgan fingerprint density at radius 1 is 1.60 bits per heavy atom. The van der Waals surface area contributed by atoms with Gasteiger partial charge in [-0.1, -0.05) is 0 Å². The molecule has 0 unspecified atom stereocenters. The quantitative estimate of drug-likeness (QED) is 0.365. The lowest BCUT2D eigenvalue weighted by atomic mass is 10.3. The average Bonchev–Trinajstić information content (AvgIpc) is 1.95. The van der Waals surface area contributed by atoms with Gasteiger partial charge in [-0.3, -0.25) is 0 Å². The zero-order valence-electron chi connectivity index (χ0n) is 5.63. The maximum absolute atomic E-state index is 5.50. The molecule has 1 aromatic rings. The molecule has 1 aromatic heterocycles. The highest BCUT2D eigenvalue weighted by Gasteiger charge is 1.99. The van der Waals surface area contributed by atoms with Crippen molar-refractivity contribution in [1.82, 2.24) is 10.2 Å². The van der Waals surface area contributed by atoms with Crippen LogP contribution in [0.3, 0.4) is 0 Å².